The minimum atomic E-state index is 0. The Labute approximate surface area is 76.7 Å². The fourth-order valence-electron chi connectivity index (χ4n) is 0. The van der Waals surface area contributed by atoms with Gasteiger partial charge < -0.3 is 59.4 Å². The Bertz CT molecular complexity index is 4.53. The summed E-state index contributed by atoms with van der Waals surface area (Å²) >= 11 is 0. The Balaban J connectivity index is 0. The quantitative estimate of drug-likeness (QED) is 0.498. The van der Waals surface area contributed by atoms with Crippen LogP contribution in [0.25, 0.3) is 0 Å². The second-order valence-corrected chi connectivity index (χ2v) is 0. The average Bonchev–Trinajstić information content (AvgIpc) is 0. The summed E-state index contributed by atoms with van der Waals surface area (Å²) < 4.78 is 0. The van der Waals surface area contributed by atoms with Crippen molar-refractivity contribution in [2.24, 2.45) is 0 Å². The monoisotopic (exact) mass is 179 g/mol. The molecule has 0 saturated heterocycles. The molecule has 0 heterocycles. The van der Waals surface area contributed by atoms with Crippen molar-refractivity contribution < 1.29 is 16.8 Å². The molecule has 0 aromatic carbocycles. The normalized spacial score (nSPS) is 0. The molecule has 0 aliphatic carbocycles. The van der Waals surface area contributed by atoms with Crippen molar-refractivity contribution in [2.75, 3.05) is 0 Å². The van der Waals surface area contributed by atoms with E-state index in [1.807, 2.05) is 0 Å². The predicted octanol–water partition coefficient (Wildman–Crippen LogP) is 3.60. The number of hydrogen-bond acceptors (Lipinski definition) is 0. The van der Waals surface area contributed by atoms with Gasteiger partial charge in [-0.1, -0.05) is 0 Å². The van der Waals surface area contributed by atoms with Crippen molar-refractivity contribution in [1.29, 1.82) is 0 Å². The van der Waals surface area contributed by atoms with Gasteiger partial charge in [0.2, 0.25) is 0 Å². The van der Waals surface area contributed by atoms with Crippen molar-refractivity contribution >= 4 is 0 Å². The van der Waals surface area contributed by atoms with Gasteiger partial charge in [-0.05, 0) is 0 Å². The molecule has 0 fully saturated rings. The largest absolute Gasteiger partial charge is 0.358 e. The Hall–Kier alpha value is 0.506. The van der Waals surface area contributed by atoms with Gasteiger partial charge >= 0.3 is 0 Å². The average molecular weight is 179 g/mol. The minimum absolute atomic E-state index is 0. The molecular weight excluding hydrogens is 155 g/mol. The van der Waals surface area contributed by atoms with Crippen molar-refractivity contribution in [3.8, 4) is 0 Å². The van der Waals surface area contributed by atoms with Crippen LogP contribution in [0.15, 0.2) is 0 Å². The number of rotatable bonds is 0. The van der Waals surface area contributed by atoms with Gasteiger partial charge in [0.1, 0.15) is 0 Å². The molecule has 0 bridgehead atoms. The summed E-state index contributed by atoms with van der Waals surface area (Å²) in [6.07, 6.45) is 0. The van der Waals surface area contributed by atoms with Crippen LogP contribution in [0.2, 0.25) is 0 Å². The molecule has 9 heavy (non-hydrogen) atoms. The predicted molar refractivity (Wildman–Crippen MR) is 51.3 cm³/mol. The van der Waals surface area contributed by atoms with Crippen molar-refractivity contribution in [3.05, 3.63) is 59.4 Å². The van der Waals surface area contributed by atoms with E-state index in [-0.39, 0.29) is 76.2 Å². The Morgan fingerprint density at radius 2 is 0.222 bits per heavy atom. The zero-order valence-electron chi connectivity index (χ0n) is 8.33. The van der Waals surface area contributed by atoms with Crippen LogP contribution in [-0.2, 0) is 16.8 Å². The van der Waals surface area contributed by atoms with Gasteiger partial charge in [-0.3, -0.25) is 0 Å². The molecule has 0 aliphatic heterocycles. The van der Waals surface area contributed by atoms with E-state index in [0.29, 0.717) is 0 Å². The van der Waals surface area contributed by atoms with E-state index in [1.165, 1.54) is 0 Å². The first-order chi connectivity index (χ1) is 0. The van der Waals surface area contributed by atoms with E-state index in [4.69, 9.17) is 0 Å². The van der Waals surface area contributed by atoms with Crippen molar-refractivity contribution in [2.45, 2.75) is 0 Å². The van der Waals surface area contributed by atoms with Crippen LogP contribution in [-0.4, -0.2) is 0 Å². The molecule has 0 saturated carbocycles. The minimum Gasteiger partial charge on any atom is -0.358 e. The molecule has 0 aromatic rings. The molecule has 0 spiro atoms. The third-order valence-corrected chi connectivity index (χ3v) is 0. The summed E-state index contributed by atoms with van der Waals surface area (Å²) in [7, 11) is 0. The van der Waals surface area contributed by atoms with Crippen molar-refractivity contribution in [3.63, 3.8) is 0 Å². The van der Waals surface area contributed by atoms with Gasteiger partial charge in [-0.2, -0.15) is 0 Å². The van der Waals surface area contributed by atoms with E-state index in [9.17, 15) is 0 Å². The third-order valence-electron chi connectivity index (χ3n) is 0. The molecule has 1 radical (unpaired) electrons. The maximum Gasteiger partial charge on any atom is 0 e. The topological polar surface area (TPSA) is 0 Å². The second kappa shape index (κ2) is 1870. The summed E-state index contributed by atoms with van der Waals surface area (Å²) in [5, 5.41) is 0. The van der Waals surface area contributed by atoms with Crippen LogP contribution in [0, 0.1) is 59.4 Å². The van der Waals surface area contributed by atoms with Gasteiger partial charge in [0.15, 0.2) is 0 Å². The zero-order chi connectivity index (χ0) is 0. The smallest absolute Gasteiger partial charge is 0 e. The number of hydrogen-bond donors (Lipinski definition) is 0. The standard InChI is InChI=1S/8CH3.Co/h8*1H3;/q8*-1;. The van der Waals surface area contributed by atoms with E-state index < -0.39 is 0 Å². The SMILES string of the molecule is [CH3-].[CH3-].[CH3-].[CH3-].[CH3-].[CH3-].[CH3-].[CH3-].[Co]. The summed E-state index contributed by atoms with van der Waals surface area (Å²) in [6.45, 7) is 0. The first-order valence-electron chi connectivity index (χ1n) is 0. The van der Waals surface area contributed by atoms with Gasteiger partial charge in [-0.15, -0.1) is 0 Å². The fourth-order valence-corrected chi connectivity index (χ4v) is 0. The summed E-state index contributed by atoms with van der Waals surface area (Å²) in [6, 6.07) is 0. The van der Waals surface area contributed by atoms with Crippen LogP contribution in [0.3, 0.4) is 0 Å². The fraction of sp³-hybridized carbons (Fsp3) is 0. The Morgan fingerprint density at radius 3 is 0.222 bits per heavy atom. The van der Waals surface area contributed by atoms with Gasteiger partial charge in [0.05, 0.1) is 0 Å². The summed E-state index contributed by atoms with van der Waals surface area (Å²) in [5.74, 6) is 0. The maximum absolute atomic E-state index is 0. The van der Waals surface area contributed by atoms with Crippen molar-refractivity contribution in [1.82, 2.24) is 0 Å². The van der Waals surface area contributed by atoms with Crippen LogP contribution < -0.4 is 0 Å². The summed E-state index contributed by atoms with van der Waals surface area (Å²) in [5.41, 5.74) is 0. The first-order valence-corrected chi connectivity index (χ1v) is 0. The Kier molecular flexibility index (Phi) is 557000. The molecule has 73 valence electrons. The molecule has 0 rings (SSSR count). The van der Waals surface area contributed by atoms with E-state index in [0.717, 1.165) is 0 Å². The second-order valence-electron chi connectivity index (χ2n) is 0. The maximum atomic E-state index is 0. The van der Waals surface area contributed by atoms with Crippen LogP contribution in [0.1, 0.15) is 0 Å². The van der Waals surface area contributed by atoms with E-state index >= 15 is 0 Å². The molecule has 0 N–H and O–H groups in total. The van der Waals surface area contributed by atoms with Gasteiger partial charge in [0.25, 0.3) is 0 Å². The zero-order valence-corrected chi connectivity index (χ0v) is 9.37. The molecule has 0 aromatic heterocycles. The molecule has 0 aliphatic rings. The Morgan fingerprint density at radius 1 is 0.222 bits per heavy atom. The molecule has 1 heteroatoms. The van der Waals surface area contributed by atoms with Gasteiger partial charge in [0, 0.05) is 16.8 Å². The van der Waals surface area contributed by atoms with Gasteiger partial charge in [-0.25, -0.2) is 0 Å². The van der Waals surface area contributed by atoms with Crippen LogP contribution >= 0.6 is 0 Å². The van der Waals surface area contributed by atoms with E-state index in [1.54, 1.807) is 0 Å². The van der Waals surface area contributed by atoms with Crippen LogP contribution in [0.4, 0.5) is 0 Å². The molecular formula is C8H24Co-8. The van der Waals surface area contributed by atoms with Crippen LogP contribution in [0.5, 0.6) is 0 Å². The molecule has 0 nitrogen and oxygen atoms in total. The molecule has 0 unspecified atom stereocenters. The van der Waals surface area contributed by atoms with E-state index in [2.05, 4.69) is 0 Å². The first kappa shape index (κ1) is 2680. The summed E-state index contributed by atoms with van der Waals surface area (Å²) in [4.78, 5) is 0. The molecule has 0 atom stereocenters. The molecule has 0 amide bonds. The third kappa shape index (κ3) is 1400.